The molecule has 0 aromatic rings. The van der Waals surface area contributed by atoms with Crippen LogP contribution in [0.1, 0.15) is 20.8 Å². The van der Waals surface area contributed by atoms with E-state index in [2.05, 4.69) is 6.58 Å². The van der Waals surface area contributed by atoms with Crippen LogP contribution in [0.3, 0.4) is 0 Å². The molecule has 0 saturated heterocycles. The van der Waals surface area contributed by atoms with Gasteiger partial charge in [0.05, 0.1) is 18.8 Å². The Labute approximate surface area is 118 Å². The first-order valence-electron chi connectivity index (χ1n) is 6.19. The molecule has 6 heteroatoms. The lowest BCUT2D eigenvalue weighted by molar-refractivity contribution is -0.144. The zero-order chi connectivity index (χ0) is 15.8. The van der Waals surface area contributed by atoms with Crippen molar-refractivity contribution in [2.45, 2.75) is 26.9 Å². The Bertz CT molecular complexity index is 378. The molecule has 0 aromatic heterocycles. The van der Waals surface area contributed by atoms with Crippen LogP contribution >= 0.6 is 0 Å². The molecule has 0 rings (SSSR count). The number of esters is 1. The molecule has 114 valence electrons. The fourth-order valence-corrected chi connectivity index (χ4v) is 1.40. The third-order valence-electron chi connectivity index (χ3n) is 2.14. The molecule has 0 aliphatic carbocycles. The molecule has 0 amide bonds. The van der Waals surface area contributed by atoms with Crippen LogP contribution in [-0.4, -0.2) is 48.1 Å². The van der Waals surface area contributed by atoms with Crippen molar-refractivity contribution in [2.75, 3.05) is 19.8 Å². The quantitative estimate of drug-likeness (QED) is 0.513. The molecule has 0 aliphatic heterocycles. The number of aliphatic hydroxyl groups is 1. The minimum atomic E-state index is -1.16. The van der Waals surface area contributed by atoms with Crippen molar-refractivity contribution in [3.63, 3.8) is 0 Å². The highest BCUT2D eigenvalue weighted by atomic mass is 16.6. The summed E-state index contributed by atoms with van der Waals surface area (Å²) in [5.41, 5.74) is -0.389. The molecule has 1 atom stereocenters. The highest BCUT2D eigenvalue weighted by Gasteiger charge is 2.25. The van der Waals surface area contributed by atoms with Crippen LogP contribution in [0.5, 0.6) is 0 Å². The third kappa shape index (κ3) is 7.70. The van der Waals surface area contributed by atoms with Crippen LogP contribution in [0.2, 0.25) is 0 Å². The normalized spacial score (nSPS) is 13.7. The number of aliphatic carboxylic acids is 1. The molecule has 0 bridgehead atoms. The first-order valence-corrected chi connectivity index (χ1v) is 6.19. The van der Waals surface area contributed by atoms with E-state index in [1.807, 2.05) is 20.8 Å². The molecule has 0 radical (unpaired) electrons. The topological polar surface area (TPSA) is 93.1 Å². The zero-order valence-corrected chi connectivity index (χ0v) is 12.1. The smallest absolute Gasteiger partial charge is 0.334 e. The van der Waals surface area contributed by atoms with Gasteiger partial charge in [0, 0.05) is 6.08 Å². The average molecular weight is 286 g/mol. The van der Waals surface area contributed by atoms with Gasteiger partial charge in [-0.05, 0) is 5.41 Å². The lowest BCUT2D eigenvalue weighted by atomic mass is 9.92. The summed E-state index contributed by atoms with van der Waals surface area (Å²) in [5, 5.41) is 18.0. The van der Waals surface area contributed by atoms with E-state index in [-0.39, 0.29) is 30.8 Å². The maximum absolute atomic E-state index is 11.3. The van der Waals surface area contributed by atoms with Crippen molar-refractivity contribution in [1.29, 1.82) is 0 Å². The molecule has 0 aromatic carbocycles. The van der Waals surface area contributed by atoms with Gasteiger partial charge in [-0.1, -0.05) is 33.4 Å². The van der Waals surface area contributed by atoms with E-state index in [0.29, 0.717) is 0 Å². The van der Waals surface area contributed by atoms with E-state index >= 15 is 0 Å². The minimum absolute atomic E-state index is 0.0113. The van der Waals surface area contributed by atoms with Gasteiger partial charge in [-0.25, -0.2) is 9.59 Å². The van der Waals surface area contributed by atoms with Gasteiger partial charge < -0.3 is 19.7 Å². The number of ether oxygens (including phenoxy) is 2. The number of carboxylic acids is 1. The van der Waals surface area contributed by atoms with Crippen molar-refractivity contribution in [2.24, 2.45) is 5.41 Å². The predicted octanol–water partition coefficient (Wildman–Crippen LogP) is 1.15. The Morgan fingerprint density at radius 2 is 1.95 bits per heavy atom. The summed E-state index contributed by atoms with van der Waals surface area (Å²) < 4.78 is 10.1. The standard InChI is InChI=1S/C14H22O6/c1-5-12(16)20-9-11(19-7-6-15)10(13(17)18)8-14(2,3)4/h5,8,11,15H,1,6-7,9H2,2-4H3,(H,17,18). The third-order valence-corrected chi connectivity index (χ3v) is 2.14. The Hall–Kier alpha value is -1.66. The van der Waals surface area contributed by atoms with Crippen molar-refractivity contribution in [3.05, 3.63) is 24.3 Å². The molecular weight excluding hydrogens is 264 g/mol. The summed E-state index contributed by atoms with van der Waals surface area (Å²) in [7, 11) is 0. The van der Waals surface area contributed by atoms with Gasteiger partial charge >= 0.3 is 11.9 Å². The van der Waals surface area contributed by atoms with Crippen molar-refractivity contribution in [3.8, 4) is 0 Å². The molecule has 0 aliphatic rings. The van der Waals surface area contributed by atoms with E-state index < -0.39 is 18.0 Å². The Morgan fingerprint density at radius 1 is 1.35 bits per heavy atom. The van der Waals surface area contributed by atoms with Gasteiger partial charge in [0.1, 0.15) is 12.7 Å². The molecule has 2 N–H and O–H groups in total. The minimum Gasteiger partial charge on any atom is -0.478 e. The number of carbonyl (C=O) groups is 2. The molecule has 0 fully saturated rings. The van der Waals surface area contributed by atoms with Crippen molar-refractivity contribution in [1.82, 2.24) is 0 Å². The first-order chi connectivity index (χ1) is 9.21. The monoisotopic (exact) mass is 286 g/mol. The largest absolute Gasteiger partial charge is 0.478 e. The lowest BCUT2D eigenvalue weighted by Gasteiger charge is -2.21. The zero-order valence-electron chi connectivity index (χ0n) is 12.1. The second kappa shape index (κ2) is 8.50. The van der Waals surface area contributed by atoms with Gasteiger partial charge in [0.25, 0.3) is 0 Å². The van der Waals surface area contributed by atoms with E-state index in [0.717, 1.165) is 6.08 Å². The number of aliphatic hydroxyl groups excluding tert-OH is 1. The number of carbonyl (C=O) groups excluding carboxylic acids is 1. The number of rotatable bonds is 8. The van der Waals surface area contributed by atoms with E-state index in [9.17, 15) is 14.7 Å². The highest BCUT2D eigenvalue weighted by molar-refractivity contribution is 5.88. The van der Waals surface area contributed by atoms with Crippen LogP contribution in [0, 0.1) is 5.41 Å². The second-order valence-corrected chi connectivity index (χ2v) is 5.19. The second-order valence-electron chi connectivity index (χ2n) is 5.19. The summed E-state index contributed by atoms with van der Waals surface area (Å²) in [6.45, 7) is 8.22. The van der Waals surface area contributed by atoms with Gasteiger partial charge in [-0.15, -0.1) is 0 Å². The van der Waals surface area contributed by atoms with Gasteiger partial charge in [-0.2, -0.15) is 0 Å². The maximum Gasteiger partial charge on any atom is 0.334 e. The summed E-state index contributed by atoms with van der Waals surface area (Å²) >= 11 is 0. The number of carboxylic acid groups (broad SMARTS) is 1. The van der Waals surface area contributed by atoms with Crippen LogP contribution in [-0.2, 0) is 19.1 Å². The van der Waals surface area contributed by atoms with Gasteiger partial charge in [0.2, 0.25) is 0 Å². The van der Waals surface area contributed by atoms with E-state index in [4.69, 9.17) is 14.6 Å². The summed E-state index contributed by atoms with van der Waals surface area (Å²) in [6.07, 6.45) is 1.58. The number of hydrogen-bond acceptors (Lipinski definition) is 5. The Kier molecular flexibility index (Phi) is 7.79. The fourth-order valence-electron chi connectivity index (χ4n) is 1.40. The van der Waals surface area contributed by atoms with E-state index in [1.165, 1.54) is 0 Å². The molecular formula is C14H22O6. The van der Waals surface area contributed by atoms with E-state index in [1.54, 1.807) is 6.08 Å². The van der Waals surface area contributed by atoms with Crippen molar-refractivity contribution < 1.29 is 29.3 Å². The molecule has 0 spiro atoms. The SMILES string of the molecule is C=CC(=O)OCC(OCCO)C(=CC(C)(C)C)C(=O)O. The average Bonchev–Trinajstić information content (AvgIpc) is 2.35. The fraction of sp³-hybridized carbons (Fsp3) is 0.571. The molecule has 20 heavy (non-hydrogen) atoms. The van der Waals surface area contributed by atoms with Crippen LogP contribution < -0.4 is 0 Å². The number of hydrogen-bond donors (Lipinski definition) is 2. The maximum atomic E-state index is 11.3. The first kappa shape index (κ1) is 18.3. The van der Waals surface area contributed by atoms with Crippen LogP contribution in [0.25, 0.3) is 0 Å². The number of allylic oxidation sites excluding steroid dienone is 1. The van der Waals surface area contributed by atoms with Gasteiger partial charge in [0.15, 0.2) is 0 Å². The molecule has 0 heterocycles. The molecule has 1 unspecified atom stereocenters. The van der Waals surface area contributed by atoms with Gasteiger partial charge in [-0.3, -0.25) is 0 Å². The lowest BCUT2D eigenvalue weighted by Crippen LogP contribution is -2.30. The summed E-state index contributed by atoms with van der Waals surface area (Å²) in [5.74, 6) is -1.82. The highest BCUT2D eigenvalue weighted by Crippen LogP contribution is 2.21. The Balaban J connectivity index is 5.11. The predicted molar refractivity (Wildman–Crippen MR) is 73.2 cm³/mol. The summed E-state index contributed by atoms with van der Waals surface area (Å²) in [6, 6.07) is 0. The Morgan fingerprint density at radius 3 is 2.35 bits per heavy atom. The molecule has 6 nitrogen and oxygen atoms in total. The van der Waals surface area contributed by atoms with Crippen molar-refractivity contribution >= 4 is 11.9 Å². The van der Waals surface area contributed by atoms with Crippen LogP contribution in [0.4, 0.5) is 0 Å². The summed E-state index contributed by atoms with van der Waals surface area (Å²) in [4.78, 5) is 22.4. The molecule has 0 saturated carbocycles. The van der Waals surface area contributed by atoms with Crippen LogP contribution in [0.15, 0.2) is 24.3 Å².